The Labute approximate surface area is 119 Å². The Bertz CT molecular complexity index is 497. The molecule has 108 valence electrons. The van der Waals surface area contributed by atoms with Gasteiger partial charge in [-0.2, -0.15) is 0 Å². The van der Waals surface area contributed by atoms with Crippen LogP contribution in [-0.4, -0.2) is 39.9 Å². The van der Waals surface area contributed by atoms with Crippen molar-refractivity contribution in [2.75, 3.05) is 18.4 Å². The van der Waals surface area contributed by atoms with Gasteiger partial charge in [0.2, 0.25) is 5.91 Å². The predicted molar refractivity (Wildman–Crippen MR) is 77.6 cm³/mol. The highest BCUT2D eigenvalue weighted by atomic mass is 16.2. The molecule has 1 aromatic rings. The quantitative estimate of drug-likeness (QED) is 0.912. The molecule has 2 aliphatic rings. The molecule has 3 rings (SSSR count). The lowest BCUT2D eigenvalue weighted by Crippen LogP contribution is -2.40. The first-order valence-electron chi connectivity index (χ1n) is 7.64. The van der Waals surface area contributed by atoms with Crippen molar-refractivity contribution in [2.24, 2.45) is 0 Å². The third-order valence-corrected chi connectivity index (χ3v) is 4.27. The molecule has 1 fully saturated rings. The molecule has 20 heavy (non-hydrogen) atoms. The topological polar surface area (TPSA) is 58.1 Å². The zero-order chi connectivity index (χ0) is 13.9. The fraction of sp³-hybridized carbons (Fsp3) is 0.667. The van der Waals surface area contributed by atoms with Gasteiger partial charge in [0, 0.05) is 24.3 Å². The predicted octanol–water partition coefficient (Wildman–Crippen LogP) is 1.78. The number of aromatic nitrogens is 2. The number of likely N-dealkylation sites (tertiary alicyclic amines) is 1. The SMILES string of the molecule is CC(Nc1ncnc2c1CCCC2)C(=O)N1CCCC1. The van der Waals surface area contributed by atoms with Crippen molar-refractivity contribution in [3.63, 3.8) is 0 Å². The highest BCUT2D eigenvalue weighted by Gasteiger charge is 2.24. The third-order valence-electron chi connectivity index (χ3n) is 4.27. The Morgan fingerprint density at radius 1 is 1.20 bits per heavy atom. The average molecular weight is 274 g/mol. The molecule has 5 nitrogen and oxygen atoms in total. The van der Waals surface area contributed by atoms with Gasteiger partial charge >= 0.3 is 0 Å². The van der Waals surface area contributed by atoms with Crippen LogP contribution in [0.15, 0.2) is 6.33 Å². The lowest BCUT2D eigenvalue weighted by Gasteiger charge is -2.24. The number of carbonyl (C=O) groups is 1. The molecule has 1 aromatic heterocycles. The number of rotatable bonds is 3. The van der Waals surface area contributed by atoms with E-state index in [2.05, 4.69) is 15.3 Å². The van der Waals surface area contributed by atoms with Gasteiger partial charge in [0.1, 0.15) is 18.2 Å². The van der Waals surface area contributed by atoms with E-state index in [1.807, 2.05) is 11.8 Å². The van der Waals surface area contributed by atoms with Crippen molar-refractivity contribution < 1.29 is 4.79 Å². The normalized spacial score (nSPS) is 19.6. The summed E-state index contributed by atoms with van der Waals surface area (Å²) in [5.41, 5.74) is 2.36. The molecular weight excluding hydrogens is 252 g/mol. The van der Waals surface area contributed by atoms with Crippen molar-refractivity contribution in [3.8, 4) is 0 Å². The van der Waals surface area contributed by atoms with E-state index < -0.39 is 0 Å². The van der Waals surface area contributed by atoms with Crippen LogP contribution in [0.4, 0.5) is 5.82 Å². The van der Waals surface area contributed by atoms with E-state index in [1.54, 1.807) is 6.33 Å². The van der Waals surface area contributed by atoms with E-state index >= 15 is 0 Å². The van der Waals surface area contributed by atoms with E-state index in [4.69, 9.17) is 0 Å². The van der Waals surface area contributed by atoms with E-state index in [0.29, 0.717) is 0 Å². The van der Waals surface area contributed by atoms with Crippen molar-refractivity contribution in [1.29, 1.82) is 0 Å². The standard InChI is InChI=1S/C15H22N4O/c1-11(15(20)19-8-4-5-9-19)18-14-12-6-2-3-7-13(12)16-10-17-14/h10-11H,2-9H2,1H3,(H,16,17,18). The van der Waals surface area contributed by atoms with E-state index in [1.165, 1.54) is 18.4 Å². The maximum absolute atomic E-state index is 12.3. The minimum absolute atomic E-state index is 0.186. The van der Waals surface area contributed by atoms with Gasteiger partial charge in [-0.1, -0.05) is 0 Å². The number of nitrogens with zero attached hydrogens (tertiary/aromatic N) is 3. The van der Waals surface area contributed by atoms with Gasteiger partial charge in [-0.05, 0) is 45.4 Å². The fourth-order valence-electron chi connectivity index (χ4n) is 3.12. The van der Waals surface area contributed by atoms with Gasteiger partial charge in [0.25, 0.3) is 0 Å². The van der Waals surface area contributed by atoms with Gasteiger partial charge in [0.15, 0.2) is 0 Å². The van der Waals surface area contributed by atoms with Crippen molar-refractivity contribution in [2.45, 2.75) is 51.5 Å². The van der Waals surface area contributed by atoms with Crippen LogP contribution in [0.25, 0.3) is 0 Å². The number of nitrogens with one attached hydrogen (secondary N) is 1. The third kappa shape index (κ3) is 2.62. The number of hydrogen-bond acceptors (Lipinski definition) is 4. The molecule has 1 unspecified atom stereocenters. The Kier molecular flexibility index (Phi) is 3.85. The Morgan fingerprint density at radius 2 is 1.95 bits per heavy atom. The summed E-state index contributed by atoms with van der Waals surface area (Å²) in [5, 5.41) is 3.30. The number of hydrogen-bond donors (Lipinski definition) is 1. The van der Waals surface area contributed by atoms with Crippen LogP contribution >= 0.6 is 0 Å². The van der Waals surface area contributed by atoms with Gasteiger partial charge < -0.3 is 10.2 Å². The molecule has 1 aliphatic heterocycles. The summed E-state index contributed by atoms with van der Waals surface area (Å²) in [7, 11) is 0. The monoisotopic (exact) mass is 274 g/mol. The largest absolute Gasteiger partial charge is 0.358 e. The molecule has 1 atom stereocenters. The highest BCUT2D eigenvalue weighted by molar-refractivity contribution is 5.84. The Hall–Kier alpha value is -1.65. The number of carbonyl (C=O) groups excluding carboxylic acids is 1. The molecule has 2 heterocycles. The zero-order valence-electron chi connectivity index (χ0n) is 12.1. The second-order valence-electron chi connectivity index (χ2n) is 5.75. The average Bonchev–Trinajstić information content (AvgIpc) is 3.01. The molecule has 0 saturated carbocycles. The smallest absolute Gasteiger partial charge is 0.244 e. The molecule has 1 saturated heterocycles. The maximum atomic E-state index is 12.3. The van der Waals surface area contributed by atoms with Crippen molar-refractivity contribution in [3.05, 3.63) is 17.6 Å². The van der Waals surface area contributed by atoms with E-state index in [9.17, 15) is 4.79 Å². The maximum Gasteiger partial charge on any atom is 0.244 e. The number of fused-ring (bicyclic) bond motifs is 1. The van der Waals surface area contributed by atoms with Crippen LogP contribution < -0.4 is 5.32 Å². The van der Waals surface area contributed by atoms with Crippen LogP contribution in [-0.2, 0) is 17.6 Å². The molecule has 1 amide bonds. The molecule has 1 N–H and O–H groups in total. The molecule has 0 spiro atoms. The summed E-state index contributed by atoms with van der Waals surface area (Å²) in [6.45, 7) is 3.72. The highest BCUT2D eigenvalue weighted by Crippen LogP contribution is 2.25. The van der Waals surface area contributed by atoms with Gasteiger partial charge in [-0.15, -0.1) is 0 Å². The zero-order valence-corrected chi connectivity index (χ0v) is 12.1. The van der Waals surface area contributed by atoms with Gasteiger partial charge in [-0.25, -0.2) is 9.97 Å². The molecule has 0 radical (unpaired) electrons. The van der Waals surface area contributed by atoms with Crippen LogP contribution in [0.2, 0.25) is 0 Å². The summed E-state index contributed by atoms with van der Waals surface area (Å²) in [6, 6.07) is -0.214. The number of anilines is 1. The van der Waals surface area contributed by atoms with Crippen LogP contribution in [0.5, 0.6) is 0 Å². The Balaban J connectivity index is 1.72. The summed E-state index contributed by atoms with van der Waals surface area (Å²) >= 11 is 0. The van der Waals surface area contributed by atoms with Crippen molar-refractivity contribution in [1.82, 2.24) is 14.9 Å². The summed E-state index contributed by atoms with van der Waals surface area (Å²) in [4.78, 5) is 23.0. The molecule has 1 aliphatic carbocycles. The molecule has 0 bridgehead atoms. The minimum Gasteiger partial charge on any atom is -0.358 e. The fourth-order valence-corrected chi connectivity index (χ4v) is 3.12. The van der Waals surface area contributed by atoms with Crippen LogP contribution in [0.1, 0.15) is 43.9 Å². The van der Waals surface area contributed by atoms with Crippen molar-refractivity contribution >= 4 is 11.7 Å². The van der Waals surface area contributed by atoms with E-state index in [-0.39, 0.29) is 11.9 Å². The van der Waals surface area contributed by atoms with E-state index in [0.717, 1.165) is 50.3 Å². The lowest BCUT2D eigenvalue weighted by molar-refractivity contribution is -0.130. The Morgan fingerprint density at radius 3 is 2.75 bits per heavy atom. The first-order valence-corrected chi connectivity index (χ1v) is 7.64. The first kappa shape index (κ1) is 13.3. The lowest BCUT2D eigenvalue weighted by atomic mass is 9.96. The molecule has 5 heteroatoms. The summed E-state index contributed by atoms with van der Waals surface area (Å²) in [6.07, 6.45) is 8.29. The minimum atomic E-state index is -0.214. The van der Waals surface area contributed by atoms with Crippen LogP contribution in [0, 0.1) is 0 Å². The number of aryl methyl sites for hydroxylation is 1. The van der Waals surface area contributed by atoms with Gasteiger partial charge in [-0.3, -0.25) is 4.79 Å². The second-order valence-corrected chi connectivity index (χ2v) is 5.75. The number of amides is 1. The summed E-state index contributed by atoms with van der Waals surface area (Å²) in [5.74, 6) is 1.04. The second kappa shape index (κ2) is 5.77. The molecule has 0 aromatic carbocycles. The van der Waals surface area contributed by atoms with Gasteiger partial charge in [0.05, 0.1) is 0 Å². The van der Waals surface area contributed by atoms with Crippen LogP contribution in [0.3, 0.4) is 0 Å². The first-order chi connectivity index (χ1) is 9.75. The molecular formula is C15H22N4O. The summed E-state index contributed by atoms with van der Waals surface area (Å²) < 4.78 is 0.